The topological polar surface area (TPSA) is 66.4 Å². The molecule has 1 aromatic carbocycles. The van der Waals surface area contributed by atoms with E-state index in [0.717, 1.165) is 5.75 Å². The smallest absolute Gasteiger partial charge is 0.485 e. The van der Waals surface area contributed by atoms with Crippen LogP contribution in [0, 0.1) is 0 Å². The summed E-state index contributed by atoms with van der Waals surface area (Å²) < 4.78 is 64.1. The van der Waals surface area contributed by atoms with Crippen molar-refractivity contribution >= 4 is 21.0 Å². The maximum atomic E-state index is 10.7. The van der Waals surface area contributed by atoms with Gasteiger partial charge >= 0.3 is 5.51 Å². The van der Waals surface area contributed by atoms with Crippen molar-refractivity contribution in [3.8, 4) is 5.75 Å². The Morgan fingerprint density at radius 2 is 1.55 bits per heavy atom. The van der Waals surface area contributed by atoms with Crippen molar-refractivity contribution < 1.29 is 30.9 Å². The number of halogens is 3. The van der Waals surface area contributed by atoms with Crippen molar-refractivity contribution in [3.63, 3.8) is 0 Å². The second kappa shape index (κ2) is 8.07. The lowest BCUT2D eigenvalue weighted by atomic mass is 10.3. The molecule has 0 unspecified atom stereocenters. The van der Waals surface area contributed by atoms with E-state index in [-0.39, 0.29) is 0 Å². The molecular formula is C13H17F3O4S2. The van der Waals surface area contributed by atoms with Gasteiger partial charge in [0.05, 0.1) is 7.11 Å². The summed E-state index contributed by atoms with van der Waals surface area (Å²) in [6.45, 7) is 0. The van der Waals surface area contributed by atoms with Gasteiger partial charge in [0, 0.05) is 10.9 Å². The van der Waals surface area contributed by atoms with Gasteiger partial charge in [-0.3, -0.25) is 0 Å². The maximum Gasteiger partial charge on any atom is 0.485 e. The van der Waals surface area contributed by atoms with Gasteiger partial charge in [0.25, 0.3) is 0 Å². The summed E-state index contributed by atoms with van der Waals surface area (Å²) in [6.07, 6.45) is 4.25. The highest BCUT2D eigenvalue weighted by Gasteiger charge is 2.36. The van der Waals surface area contributed by atoms with Crippen molar-refractivity contribution in [2.75, 3.05) is 18.6 Å². The Morgan fingerprint density at radius 1 is 1.09 bits per heavy atom. The first-order valence-corrected chi connectivity index (χ1v) is 9.46. The van der Waals surface area contributed by atoms with Crippen molar-refractivity contribution in [1.29, 1.82) is 0 Å². The fourth-order valence-electron chi connectivity index (χ4n) is 1.84. The van der Waals surface area contributed by atoms with Gasteiger partial charge in [0.15, 0.2) is 15.0 Å². The Labute approximate surface area is 130 Å². The molecule has 0 aliphatic carbocycles. The van der Waals surface area contributed by atoms with E-state index < -0.39 is 15.6 Å². The van der Waals surface area contributed by atoms with Gasteiger partial charge in [-0.05, 0) is 43.5 Å². The van der Waals surface area contributed by atoms with Crippen molar-refractivity contribution in [1.82, 2.24) is 0 Å². The van der Waals surface area contributed by atoms with E-state index in [1.54, 1.807) is 7.11 Å². The van der Waals surface area contributed by atoms with Crippen molar-refractivity contribution in [2.24, 2.45) is 0 Å². The molecule has 0 N–H and O–H groups in total. The minimum absolute atomic E-state index is 0.526. The number of benzene rings is 1. The summed E-state index contributed by atoms with van der Waals surface area (Å²) in [6, 6.07) is 8.62. The lowest BCUT2D eigenvalue weighted by molar-refractivity contribution is -0.0517. The number of methoxy groups -OCH3 is 1. The molecule has 1 aromatic rings. The summed E-state index contributed by atoms with van der Waals surface area (Å²) in [7, 11) is -3.84. The predicted octanol–water partition coefficient (Wildman–Crippen LogP) is 2.91. The normalized spacial score (nSPS) is 16.6. The van der Waals surface area contributed by atoms with Crippen LogP contribution in [-0.4, -0.2) is 37.1 Å². The SMILES string of the molecule is COc1ccc([S+]2CCCCC2)cc1.O=S(=O)([O-])C(F)(F)F. The summed E-state index contributed by atoms with van der Waals surface area (Å²) in [5.74, 6) is 3.76. The van der Waals surface area contributed by atoms with Crippen LogP contribution in [0.5, 0.6) is 5.75 Å². The zero-order valence-corrected chi connectivity index (χ0v) is 13.6. The summed E-state index contributed by atoms with van der Waals surface area (Å²) in [5, 5.41) is 0. The monoisotopic (exact) mass is 358 g/mol. The highest BCUT2D eigenvalue weighted by molar-refractivity contribution is 7.96. The molecule has 22 heavy (non-hydrogen) atoms. The zero-order chi connectivity index (χ0) is 16.8. The molecule has 126 valence electrons. The molecule has 0 amide bonds. The molecular weight excluding hydrogens is 341 g/mol. The van der Waals surface area contributed by atoms with E-state index in [1.807, 2.05) is 0 Å². The molecule has 1 saturated heterocycles. The van der Waals surface area contributed by atoms with Gasteiger partial charge in [-0.2, -0.15) is 13.2 Å². The average Bonchev–Trinajstić information content (AvgIpc) is 2.47. The molecule has 1 aliphatic heterocycles. The van der Waals surface area contributed by atoms with E-state index >= 15 is 0 Å². The highest BCUT2D eigenvalue weighted by atomic mass is 32.2. The Balaban J connectivity index is 0.000000261. The Hall–Kier alpha value is -0.930. The summed E-state index contributed by atoms with van der Waals surface area (Å²) in [4.78, 5) is 1.52. The van der Waals surface area contributed by atoms with E-state index in [9.17, 15) is 13.2 Å². The van der Waals surface area contributed by atoms with E-state index in [2.05, 4.69) is 24.3 Å². The van der Waals surface area contributed by atoms with Crippen LogP contribution < -0.4 is 4.74 Å². The zero-order valence-electron chi connectivity index (χ0n) is 11.9. The quantitative estimate of drug-likeness (QED) is 0.463. The maximum absolute atomic E-state index is 10.7. The third-order valence-corrected chi connectivity index (χ3v) is 6.03. The fraction of sp³-hybridized carbons (Fsp3) is 0.538. The lowest BCUT2D eigenvalue weighted by Crippen LogP contribution is -2.21. The summed E-state index contributed by atoms with van der Waals surface area (Å²) in [5.41, 5.74) is -5.65. The van der Waals surface area contributed by atoms with Crippen molar-refractivity contribution in [3.05, 3.63) is 24.3 Å². The summed E-state index contributed by atoms with van der Waals surface area (Å²) >= 11 is 0. The van der Waals surface area contributed by atoms with Crippen LogP contribution >= 0.6 is 0 Å². The third-order valence-electron chi connectivity index (χ3n) is 2.96. The predicted molar refractivity (Wildman–Crippen MR) is 78.0 cm³/mol. The Morgan fingerprint density at radius 3 is 1.91 bits per heavy atom. The molecule has 1 heterocycles. The molecule has 0 atom stereocenters. The van der Waals surface area contributed by atoms with Gasteiger partial charge < -0.3 is 9.29 Å². The second-order valence-electron chi connectivity index (χ2n) is 4.54. The molecule has 0 aromatic heterocycles. The Bertz CT molecular complexity index is 550. The first kappa shape index (κ1) is 19.1. The molecule has 0 bridgehead atoms. The number of rotatable bonds is 2. The lowest BCUT2D eigenvalue weighted by Gasteiger charge is -2.13. The van der Waals surface area contributed by atoms with E-state index in [4.69, 9.17) is 17.7 Å². The second-order valence-corrected chi connectivity index (χ2v) is 8.18. The van der Waals surface area contributed by atoms with E-state index in [0.29, 0.717) is 10.9 Å². The van der Waals surface area contributed by atoms with E-state index in [1.165, 1.54) is 35.7 Å². The molecule has 2 rings (SSSR count). The molecule has 1 fully saturated rings. The van der Waals surface area contributed by atoms with Crippen LogP contribution in [0.1, 0.15) is 19.3 Å². The third kappa shape index (κ3) is 6.05. The minimum atomic E-state index is -6.09. The first-order chi connectivity index (χ1) is 10.1. The van der Waals surface area contributed by atoms with Crippen LogP contribution in [0.25, 0.3) is 0 Å². The largest absolute Gasteiger partial charge is 0.741 e. The van der Waals surface area contributed by atoms with Crippen LogP contribution in [-0.2, 0) is 21.0 Å². The number of ether oxygens (including phenoxy) is 1. The number of alkyl halides is 3. The van der Waals surface area contributed by atoms with Gasteiger partial charge in [-0.1, -0.05) is 0 Å². The standard InChI is InChI=1S/C12H17OS.CHF3O3S/c1-13-11-5-7-12(8-6-11)14-9-3-2-4-10-14;2-1(3,4)8(5,6)7/h5-8H,2-4,9-10H2,1H3;(H,5,6,7)/q+1;/p-1. The van der Waals surface area contributed by atoms with Gasteiger partial charge in [0.2, 0.25) is 0 Å². The highest BCUT2D eigenvalue weighted by Crippen LogP contribution is 2.24. The van der Waals surface area contributed by atoms with Gasteiger partial charge in [0.1, 0.15) is 17.3 Å². The fourth-order valence-corrected chi connectivity index (χ4v) is 4.14. The van der Waals surface area contributed by atoms with Crippen molar-refractivity contribution in [2.45, 2.75) is 29.7 Å². The van der Waals surface area contributed by atoms with Crippen LogP contribution in [0.3, 0.4) is 0 Å². The van der Waals surface area contributed by atoms with Crippen LogP contribution in [0.4, 0.5) is 13.2 Å². The molecule has 9 heteroatoms. The van der Waals surface area contributed by atoms with Crippen LogP contribution in [0.2, 0.25) is 0 Å². The molecule has 0 spiro atoms. The van der Waals surface area contributed by atoms with Gasteiger partial charge in [-0.15, -0.1) is 0 Å². The average molecular weight is 358 g/mol. The molecule has 0 radical (unpaired) electrons. The first-order valence-electron chi connectivity index (χ1n) is 6.49. The Kier molecular flexibility index (Phi) is 7.01. The molecule has 4 nitrogen and oxygen atoms in total. The number of hydrogen-bond donors (Lipinski definition) is 0. The molecule has 1 aliphatic rings. The van der Waals surface area contributed by atoms with Crippen LogP contribution in [0.15, 0.2) is 29.2 Å². The number of hydrogen-bond acceptors (Lipinski definition) is 4. The minimum Gasteiger partial charge on any atom is -0.741 e. The molecule has 0 saturated carbocycles. The van der Waals surface area contributed by atoms with Gasteiger partial charge in [-0.25, -0.2) is 8.42 Å².